The third-order valence-corrected chi connectivity index (χ3v) is 2.45. The first kappa shape index (κ1) is 13.2. The smallest absolute Gasteiger partial charge is 0.134 e. The van der Waals surface area contributed by atoms with E-state index < -0.39 is 0 Å². The summed E-state index contributed by atoms with van der Waals surface area (Å²) in [6.45, 7) is 6.13. The van der Waals surface area contributed by atoms with Gasteiger partial charge in [-0.3, -0.25) is 0 Å². The van der Waals surface area contributed by atoms with E-state index in [0.29, 0.717) is 17.4 Å². The molecule has 0 fully saturated rings. The van der Waals surface area contributed by atoms with Gasteiger partial charge in [-0.05, 0) is 20.3 Å². The summed E-state index contributed by atoms with van der Waals surface area (Å²) < 4.78 is 0. The summed E-state index contributed by atoms with van der Waals surface area (Å²) in [5, 5.41) is 12.6. The van der Waals surface area contributed by atoms with Crippen LogP contribution in [0.15, 0.2) is 6.07 Å². The van der Waals surface area contributed by atoms with Crippen molar-refractivity contribution in [3.05, 3.63) is 17.0 Å². The Hall–Kier alpha value is -0.870. The van der Waals surface area contributed by atoms with Crippen LogP contribution in [-0.4, -0.2) is 27.2 Å². The van der Waals surface area contributed by atoms with E-state index >= 15 is 0 Å². The average molecular weight is 244 g/mol. The molecule has 1 aromatic heterocycles. The van der Waals surface area contributed by atoms with Crippen molar-refractivity contribution in [2.45, 2.75) is 39.2 Å². The first-order valence-corrected chi connectivity index (χ1v) is 5.77. The lowest BCUT2D eigenvalue weighted by atomic mass is 10.0. The minimum Gasteiger partial charge on any atom is -0.396 e. The lowest BCUT2D eigenvalue weighted by Crippen LogP contribution is -2.32. The number of hydrogen-bond donors (Lipinski definition) is 2. The summed E-state index contributed by atoms with van der Waals surface area (Å²) in [5.74, 6) is 1.42. The van der Waals surface area contributed by atoms with Crippen LogP contribution in [0.25, 0.3) is 0 Å². The Kier molecular flexibility index (Phi) is 4.50. The molecule has 0 saturated carbocycles. The zero-order chi connectivity index (χ0) is 12.2. The summed E-state index contributed by atoms with van der Waals surface area (Å²) >= 11 is 5.89. The second-order valence-electron chi connectivity index (χ2n) is 4.33. The molecule has 0 aliphatic heterocycles. The number of aryl methyl sites for hydroxylation is 1. The first-order chi connectivity index (χ1) is 7.46. The number of aliphatic hydroxyl groups is 1. The Balaban J connectivity index is 2.84. The van der Waals surface area contributed by atoms with Crippen molar-refractivity contribution in [3.8, 4) is 0 Å². The molecular weight excluding hydrogens is 226 g/mol. The van der Waals surface area contributed by atoms with Crippen LogP contribution in [0, 0.1) is 0 Å². The van der Waals surface area contributed by atoms with Gasteiger partial charge < -0.3 is 10.4 Å². The fourth-order valence-electron chi connectivity index (χ4n) is 1.38. The maximum absolute atomic E-state index is 8.94. The van der Waals surface area contributed by atoms with Gasteiger partial charge in [0.2, 0.25) is 0 Å². The SMILES string of the molecule is CCc1nc(Cl)cc(NC(C)(C)CCO)n1. The molecule has 2 N–H and O–H groups in total. The highest BCUT2D eigenvalue weighted by Gasteiger charge is 2.17. The number of anilines is 1. The average Bonchev–Trinajstić information content (AvgIpc) is 2.15. The molecule has 16 heavy (non-hydrogen) atoms. The van der Waals surface area contributed by atoms with Gasteiger partial charge in [0.1, 0.15) is 16.8 Å². The molecule has 0 aliphatic rings. The molecule has 0 aliphatic carbocycles. The van der Waals surface area contributed by atoms with E-state index in [2.05, 4.69) is 15.3 Å². The Morgan fingerprint density at radius 2 is 2.12 bits per heavy atom. The third kappa shape index (κ3) is 3.94. The van der Waals surface area contributed by atoms with Crippen molar-refractivity contribution in [1.29, 1.82) is 0 Å². The predicted octanol–water partition coefficient (Wildman–Crippen LogP) is 2.27. The van der Waals surface area contributed by atoms with Gasteiger partial charge in [-0.15, -0.1) is 0 Å². The Morgan fingerprint density at radius 1 is 1.44 bits per heavy atom. The van der Waals surface area contributed by atoms with Gasteiger partial charge in [0.15, 0.2) is 0 Å². The fraction of sp³-hybridized carbons (Fsp3) is 0.636. The molecule has 0 radical (unpaired) electrons. The topological polar surface area (TPSA) is 58.0 Å². The molecule has 0 spiro atoms. The van der Waals surface area contributed by atoms with Crippen molar-refractivity contribution >= 4 is 17.4 Å². The number of halogens is 1. The number of nitrogens with one attached hydrogen (secondary N) is 1. The number of aromatic nitrogens is 2. The lowest BCUT2D eigenvalue weighted by molar-refractivity contribution is 0.260. The molecule has 0 saturated heterocycles. The van der Waals surface area contributed by atoms with Crippen LogP contribution in [0.4, 0.5) is 5.82 Å². The predicted molar refractivity (Wildman–Crippen MR) is 65.8 cm³/mol. The highest BCUT2D eigenvalue weighted by atomic mass is 35.5. The van der Waals surface area contributed by atoms with Crippen molar-refractivity contribution in [1.82, 2.24) is 9.97 Å². The Bertz CT molecular complexity index is 355. The standard InChI is InChI=1S/C11H18ClN3O/c1-4-9-13-8(12)7-10(14-9)15-11(2,3)5-6-16/h7,16H,4-6H2,1-3H3,(H,13,14,15). The second-order valence-corrected chi connectivity index (χ2v) is 4.72. The summed E-state index contributed by atoms with van der Waals surface area (Å²) in [6.07, 6.45) is 1.39. The van der Waals surface area contributed by atoms with Crippen LogP contribution in [0.1, 0.15) is 33.0 Å². The second kappa shape index (κ2) is 5.46. The maximum Gasteiger partial charge on any atom is 0.134 e. The molecular formula is C11H18ClN3O. The maximum atomic E-state index is 8.94. The van der Waals surface area contributed by atoms with Crippen molar-refractivity contribution < 1.29 is 5.11 Å². The largest absolute Gasteiger partial charge is 0.396 e. The van der Waals surface area contributed by atoms with Crippen LogP contribution in [-0.2, 0) is 6.42 Å². The van der Waals surface area contributed by atoms with Crippen LogP contribution < -0.4 is 5.32 Å². The van der Waals surface area contributed by atoms with Gasteiger partial charge >= 0.3 is 0 Å². The van der Waals surface area contributed by atoms with Crippen LogP contribution >= 0.6 is 11.6 Å². The number of aliphatic hydroxyl groups excluding tert-OH is 1. The van der Waals surface area contributed by atoms with Gasteiger partial charge in [0, 0.05) is 24.6 Å². The monoisotopic (exact) mass is 243 g/mol. The van der Waals surface area contributed by atoms with E-state index in [1.807, 2.05) is 20.8 Å². The number of nitrogens with zero attached hydrogens (tertiary/aromatic N) is 2. The zero-order valence-corrected chi connectivity index (χ0v) is 10.7. The van der Waals surface area contributed by atoms with Crippen molar-refractivity contribution in [2.75, 3.05) is 11.9 Å². The highest BCUT2D eigenvalue weighted by molar-refractivity contribution is 6.29. The van der Waals surface area contributed by atoms with Gasteiger partial charge in [-0.25, -0.2) is 9.97 Å². The van der Waals surface area contributed by atoms with E-state index in [-0.39, 0.29) is 12.1 Å². The van der Waals surface area contributed by atoms with Crippen molar-refractivity contribution in [3.63, 3.8) is 0 Å². The van der Waals surface area contributed by atoms with Gasteiger partial charge in [0.05, 0.1) is 0 Å². The molecule has 1 heterocycles. The zero-order valence-electron chi connectivity index (χ0n) is 9.92. The van der Waals surface area contributed by atoms with E-state index in [1.165, 1.54) is 0 Å². The van der Waals surface area contributed by atoms with E-state index in [4.69, 9.17) is 16.7 Å². The third-order valence-electron chi connectivity index (χ3n) is 2.26. The first-order valence-electron chi connectivity index (χ1n) is 5.39. The van der Waals surface area contributed by atoms with E-state index in [0.717, 1.165) is 12.2 Å². The molecule has 1 aromatic rings. The molecule has 0 aromatic carbocycles. The molecule has 0 amide bonds. The van der Waals surface area contributed by atoms with Crippen LogP contribution in [0.2, 0.25) is 5.15 Å². The minimum absolute atomic E-state index is 0.138. The molecule has 5 heteroatoms. The Labute approximate surface area is 101 Å². The molecule has 1 rings (SSSR count). The lowest BCUT2D eigenvalue weighted by Gasteiger charge is -2.26. The van der Waals surface area contributed by atoms with E-state index in [1.54, 1.807) is 6.07 Å². The summed E-state index contributed by atoms with van der Waals surface area (Å²) in [4.78, 5) is 8.42. The quantitative estimate of drug-likeness (QED) is 0.779. The normalized spacial score (nSPS) is 11.6. The number of hydrogen-bond acceptors (Lipinski definition) is 4. The molecule has 90 valence electrons. The molecule has 0 atom stereocenters. The van der Waals surface area contributed by atoms with Gasteiger partial charge in [-0.1, -0.05) is 18.5 Å². The van der Waals surface area contributed by atoms with Gasteiger partial charge in [0.25, 0.3) is 0 Å². The molecule has 0 unspecified atom stereocenters. The van der Waals surface area contributed by atoms with Gasteiger partial charge in [-0.2, -0.15) is 0 Å². The molecule has 0 bridgehead atoms. The highest BCUT2D eigenvalue weighted by Crippen LogP contribution is 2.18. The molecule has 4 nitrogen and oxygen atoms in total. The van der Waals surface area contributed by atoms with Crippen LogP contribution in [0.5, 0.6) is 0 Å². The summed E-state index contributed by atoms with van der Waals surface area (Å²) in [7, 11) is 0. The Morgan fingerprint density at radius 3 is 2.69 bits per heavy atom. The van der Waals surface area contributed by atoms with Crippen molar-refractivity contribution in [2.24, 2.45) is 0 Å². The summed E-state index contributed by atoms with van der Waals surface area (Å²) in [5.41, 5.74) is -0.211. The fourth-order valence-corrected chi connectivity index (χ4v) is 1.58. The number of rotatable bonds is 5. The summed E-state index contributed by atoms with van der Waals surface area (Å²) in [6, 6.07) is 1.69. The van der Waals surface area contributed by atoms with E-state index in [9.17, 15) is 0 Å². The minimum atomic E-state index is -0.211. The van der Waals surface area contributed by atoms with Crippen LogP contribution in [0.3, 0.4) is 0 Å².